The lowest BCUT2D eigenvalue weighted by atomic mass is 10.1. The molecule has 18 heavy (non-hydrogen) atoms. The molecule has 1 unspecified atom stereocenters. The Kier molecular flexibility index (Phi) is 6.18. The first-order valence-electron chi connectivity index (χ1n) is 6.08. The summed E-state index contributed by atoms with van der Waals surface area (Å²) in [6, 6.07) is 7.90. The van der Waals surface area contributed by atoms with Crippen molar-refractivity contribution in [2.24, 2.45) is 10.9 Å². The van der Waals surface area contributed by atoms with Gasteiger partial charge in [-0.2, -0.15) is 0 Å². The van der Waals surface area contributed by atoms with Crippen molar-refractivity contribution in [3.63, 3.8) is 0 Å². The van der Waals surface area contributed by atoms with Gasteiger partial charge in [0.25, 0.3) is 0 Å². The molecule has 0 amide bonds. The summed E-state index contributed by atoms with van der Waals surface area (Å²) < 4.78 is 0. The standard InChI is InChI=1S/C13H21N3O2/c1-10(4-3-7-17)15-9-11-5-2-6-12(8-11)13(14)16-18/h2,5-6,8,10,15,17-18H,3-4,7,9H2,1H3,(H2,14,16). The van der Waals surface area contributed by atoms with Gasteiger partial charge in [-0.25, -0.2) is 0 Å². The second-order valence-electron chi connectivity index (χ2n) is 4.33. The number of hydrogen-bond donors (Lipinski definition) is 4. The molecule has 5 heteroatoms. The van der Waals surface area contributed by atoms with Crippen LogP contribution >= 0.6 is 0 Å². The normalized spacial score (nSPS) is 13.6. The van der Waals surface area contributed by atoms with E-state index < -0.39 is 0 Å². The lowest BCUT2D eigenvalue weighted by molar-refractivity contribution is 0.276. The van der Waals surface area contributed by atoms with Crippen LogP contribution in [0, 0.1) is 0 Å². The van der Waals surface area contributed by atoms with E-state index in [2.05, 4.69) is 17.4 Å². The van der Waals surface area contributed by atoms with Gasteiger partial charge in [-0.3, -0.25) is 0 Å². The molecule has 1 atom stereocenters. The van der Waals surface area contributed by atoms with E-state index in [9.17, 15) is 0 Å². The molecule has 1 aromatic rings. The van der Waals surface area contributed by atoms with Crippen molar-refractivity contribution in [2.75, 3.05) is 6.61 Å². The maximum atomic E-state index is 8.75. The predicted octanol–water partition coefficient (Wildman–Crippen LogP) is 1.03. The molecule has 0 aromatic heterocycles. The lowest BCUT2D eigenvalue weighted by Gasteiger charge is -2.13. The predicted molar refractivity (Wildman–Crippen MR) is 71.6 cm³/mol. The first-order valence-corrected chi connectivity index (χ1v) is 6.08. The Bertz CT molecular complexity index is 394. The summed E-state index contributed by atoms with van der Waals surface area (Å²) in [5.74, 6) is 0.116. The third-order valence-electron chi connectivity index (χ3n) is 2.78. The van der Waals surface area contributed by atoms with Crippen LogP contribution in [-0.2, 0) is 6.54 Å². The van der Waals surface area contributed by atoms with Gasteiger partial charge < -0.3 is 21.4 Å². The molecule has 5 nitrogen and oxygen atoms in total. The summed E-state index contributed by atoms with van der Waals surface area (Å²) in [5.41, 5.74) is 7.32. The van der Waals surface area contributed by atoms with Crippen LogP contribution in [0.25, 0.3) is 0 Å². The number of hydrogen-bond acceptors (Lipinski definition) is 4. The zero-order chi connectivity index (χ0) is 13.4. The monoisotopic (exact) mass is 251 g/mol. The number of aliphatic hydroxyl groups is 1. The molecule has 0 spiro atoms. The molecule has 0 bridgehead atoms. The van der Waals surface area contributed by atoms with Crippen LogP contribution in [0.3, 0.4) is 0 Å². The van der Waals surface area contributed by atoms with Crippen LogP contribution in [0.5, 0.6) is 0 Å². The average molecular weight is 251 g/mol. The van der Waals surface area contributed by atoms with E-state index in [0.717, 1.165) is 24.9 Å². The van der Waals surface area contributed by atoms with E-state index in [-0.39, 0.29) is 12.4 Å². The van der Waals surface area contributed by atoms with Crippen LogP contribution < -0.4 is 11.1 Å². The highest BCUT2D eigenvalue weighted by Gasteiger charge is 2.03. The molecule has 0 aliphatic heterocycles. The molecule has 0 heterocycles. The summed E-state index contributed by atoms with van der Waals surface area (Å²) in [4.78, 5) is 0. The largest absolute Gasteiger partial charge is 0.409 e. The molecule has 1 rings (SSSR count). The van der Waals surface area contributed by atoms with Crippen LogP contribution in [0.15, 0.2) is 29.4 Å². The van der Waals surface area contributed by atoms with Gasteiger partial charge in [-0.05, 0) is 31.4 Å². The van der Waals surface area contributed by atoms with Crippen LogP contribution in [0.1, 0.15) is 30.9 Å². The summed E-state index contributed by atoms with van der Waals surface area (Å²) in [7, 11) is 0. The Labute approximate surface area is 107 Å². The van der Waals surface area contributed by atoms with Crippen molar-refractivity contribution in [3.8, 4) is 0 Å². The van der Waals surface area contributed by atoms with E-state index >= 15 is 0 Å². The minimum atomic E-state index is 0.116. The molecular formula is C13H21N3O2. The lowest BCUT2D eigenvalue weighted by Crippen LogP contribution is -2.25. The fourth-order valence-electron chi connectivity index (χ4n) is 1.69. The molecular weight excluding hydrogens is 230 g/mol. The van der Waals surface area contributed by atoms with Gasteiger partial charge in [0, 0.05) is 24.8 Å². The van der Waals surface area contributed by atoms with Gasteiger partial charge in [-0.1, -0.05) is 23.4 Å². The number of aliphatic hydroxyl groups excluding tert-OH is 1. The SMILES string of the molecule is CC(CCCO)NCc1cccc(C(N)=NO)c1. The second kappa shape index (κ2) is 7.68. The van der Waals surface area contributed by atoms with Gasteiger partial charge in [0.2, 0.25) is 0 Å². The van der Waals surface area contributed by atoms with Crippen LogP contribution in [0.4, 0.5) is 0 Å². The van der Waals surface area contributed by atoms with Gasteiger partial charge in [0.1, 0.15) is 0 Å². The molecule has 0 radical (unpaired) electrons. The van der Waals surface area contributed by atoms with Crippen molar-refractivity contribution in [2.45, 2.75) is 32.4 Å². The highest BCUT2D eigenvalue weighted by molar-refractivity contribution is 5.97. The Morgan fingerprint density at radius 2 is 2.28 bits per heavy atom. The molecule has 100 valence electrons. The quantitative estimate of drug-likeness (QED) is 0.252. The highest BCUT2D eigenvalue weighted by atomic mass is 16.4. The van der Waals surface area contributed by atoms with E-state index in [1.165, 1.54) is 0 Å². The van der Waals surface area contributed by atoms with Crippen molar-refractivity contribution in [3.05, 3.63) is 35.4 Å². The summed E-state index contributed by atoms with van der Waals surface area (Å²) in [6.45, 7) is 3.03. The number of amidine groups is 1. The Morgan fingerprint density at radius 3 is 2.94 bits per heavy atom. The molecule has 0 aliphatic carbocycles. The zero-order valence-corrected chi connectivity index (χ0v) is 10.6. The number of nitrogens with one attached hydrogen (secondary N) is 1. The molecule has 0 aliphatic rings. The van der Waals surface area contributed by atoms with Crippen molar-refractivity contribution >= 4 is 5.84 Å². The summed E-state index contributed by atoms with van der Waals surface area (Å²) in [6.07, 6.45) is 1.74. The van der Waals surface area contributed by atoms with Gasteiger partial charge in [0.15, 0.2) is 5.84 Å². The topological polar surface area (TPSA) is 90.9 Å². The molecule has 0 saturated carbocycles. The van der Waals surface area contributed by atoms with E-state index in [1.807, 2.05) is 18.2 Å². The van der Waals surface area contributed by atoms with Gasteiger partial charge in [0.05, 0.1) is 0 Å². The Balaban J connectivity index is 2.52. The smallest absolute Gasteiger partial charge is 0.170 e. The van der Waals surface area contributed by atoms with Crippen LogP contribution in [0.2, 0.25) is 0 Å². The van der Waals surface area contributed by atoms with Crippen LogP contribution in [-0.4, -0.2) is 28.8 Å². The summed E-state index contributed by atoms with van der Waals surface area (Å²) in [5, 5.41) is 23.7. The zero-order valence-electron chi connectivity index (χ0n) is 10.6. The first-order chi connectivity index (χ1) is 8.67. The van der Waals surface area contributed by atoms with E-state index in [4.69, 9.17) is 16.0 Å². The number of benzene rings is 1. The molecule has 5 N–H and O–H groups in total. The Hall–Kier alpha value is -1.59. The van der Waals surface area contributed by atoms with E-state index in [0.29, 0.717) is 11.6 Å². The Morgan fingerprint density at radius 1 is 1.50 bits per heavy atom. The molecule has 1 aromatic carbocycles. The molecule has 0 fully saturated rings. The minimum absolute atomic E-state index is 0.116. The third-order valence-corrected chi connectivity index (χ3v) is 2.78. The van der Waals surface area contributed by atoms with Crippen molar-refractivity contribution in [1.82, 2.24) is 5.32 Å². The second-order valence-corrected chi connectivity index (χ2v) is 4.33. The first kappa shape index (κ1) is 14.5. The minimum Gasteiger partial charge on any atom is -0.409 e. The maximum absolute atomic E-state index is 8.75. The van der Waals surface area contributed by atoms with Crippen molar-refractivity contribution in [1.29, 1.82) is 0 Å². The fourth-order valence-corrected chi connectivity index (χ4v) is 1.69. The van der Waals surface area contributed by atoms with Gasteiger partial charge >= 0.3 is 0 Å². The fraction of sp³-hybridized carbons (Fsp3) is 0.462. The number of nitrogens with two attached hydrogens (primary N) is 1. The highest BCUT2D eigenvalue weighted by Crippen LogP contribution is 2.06. The average Bonchev–Trinajstić information content (AvgIpc) is 2.42. The number of nitrogens with zero attached hydrogens (tertiary/aromatic N) is 1. The molecule has 0 saturated heterocycles. The number of oxime groups is 1. The van der Waals surface area contributed by atoms with Crippen molar-refractivity contribution < 1.29 is 10.3 Å². The van der Waals surface area contributed by atoms with Gasteiger partial charge in [-0.15, -0.1) is 0 Å². The van der Waals surface area contributed by atoms with E-state index in [1.54, 1.807) is 6.07 Å². The maximum Gasteiger partial charge on any atom is 0.170 e. The third kappa shape index (κ3) is 4.73. The summed E-state index contributed by atoms with van der Waals surface area (Å²) >= 11 is 0. The number of rotatable bonds is 7.